The lowest BCUT2D eigenvalue weighted by molar-refractivity contribution is -0.193. The Morgan fingerprint density at radius 2 is 1.74 bits per heavy atom. The van der Waals surface area contributed by atoms with Gasteiger partial charge in [-0.3, -0.25) is 9.80 Å². The maximum absolute atomic E-state index is 10.6. The van der Waals surface area contributed by atoms with Gasteiger partial charge in [-0.15, -0.1) is 11.3 Å². The van der Waals surface area contributed by atoms with Gasteiger partial charge in [-0.1, -0.05) is 0 Å². The highest BCUT2D eigenvalue weighted by Gasteiger charge is 2.44. The summed E-state index contributed by atoms with van der Waals surface area (Å²) >= 11 is 1.78. The number of piperidine rings is 1. The summed E-state index contributed by atoms with van der Waals surface area (Å²) in [5, 5.41) is 14.2. The first-order valence-corrected chi connectivity index (χ1v) is 12.0. The van der Waals surface area contributed by atoms with Gasteiger partial charge in [-0.05, 0) is 25.5 Å². The predicted molar refractivity (Wildman–Crippen MR) is 121 cm³/mol. The summed E-state index contributed by atoms with van der Waals surface area (Å²) in [6.45, 7) is 7.30. The Labute approximate surface area is 217 Å². The maximum Gasteiger partial charge on any atom is 0.490 e. The van der Waals surface area contributed by atoms with E-state index >= 15 is 0 Å². The molecular formula is C22H27F6N3O6S. The third-order valence-electron chi connectivity index (χ3n) is 5.99. The number of aliphatic carboxylic acids is 2. The molecule has 16 heteroatoms. The highest BCUT2D eigenvalue weighted by atomic mass is 32.1. The third kappa shape index (κ3) is 9.25. The molecule has 0 aromatic carbocycles. The number of aromatic nitrogens is 1. The van der Waals surface area contributed by atoms with E-state index < -0.39 is 24.3 Å². The van der Waals surface area contributed by atoms with Crippen molar-refractivity contribution in [2.75, 3.05) is 26.7 Å². The number of aryl methyl sites for hydroxylation is 1. The van der Waals surface area contributed by atoms with Crippen molar-refractivity contribution in [3.8, 4) is 0 Å². The molecule has 2 saturated heterocycles. The number of carbonyl (C=O) groups is 2. The van der Waals surface area contributed by atoms with Crippen LogP contribution in [0.4, 0.5) is 26.3 Å². The molecule has 0 amide bonds. The average Bonchev–Trinajstić information content (AvgIpc) is 3.56. The summed E-state index contributed by atoms with van der Waals surface area (Å²) in [5.74, 6) is -3.89. The number of fused-ring (bicyclic) bond motifs is 1. The van der Waals surface area contributed by atoms with Crippen LogP contribution < -0.4 is 0 Å². The van der Waals surface area contributed by atoms with Crippen LogP contribution in [0.15, 0.2) is 28.3 Å². The molecule has 214 valence electrons. The van der Waals surface area contributed by atoms with E-state index in [0.29, 0.717) is 18.1 Å². The molecule has 4 rings (SSSR count). The van der Waals surface area contributed by atoms with Crippen LogP contribution in [0.25, 0.3) is 0 Å². The molecule has 2 fully saturated rings. The molecule has 2 aromatic rings. The SMILES string of the molecule is CO[C@H]1CCN(Cc2scnc2C)[C@@H]2CN(Cc3ccco3)C[C@H]12.O=C(O)C(F)(F)F.O=C(O)C(F)(F)F. The quantitative estimate of drug-likeness (QED) is 0.510. The standard InChI is InChI=1S/C18H25N3O2S.2C2HF3O2/c1-13-18(24-12-19-13)11-21-6-5-17(22-2)15-9-20(10-16(15)21)8-14-4-3-7-23-14;2*3-2(4,5)1(6)7/h3-4,7,12,15-17H,5-6,8-11H2,1-2H3;2*(H,6,7)/t15-,16+,17-;;/m0../s1. The largest absolute Gasteiger partial charge is 0.490 e. The minimum Gasteiger partial charge on any atom is -0.475 e. The van der Waals surface area contributed by atoms with Crippen molar-refractivity contribution in [3.63, 3.8) is 0 Å². The fourth-order valence-electron chi connectivity index (χ4n) is 4.22. The van der Waals surface area contributed by atoms with E-state index in [1.807, 2.05) is 18.7 Å². The second-order valence-corrected chi connectivity index (χ2v) is 9.44. The summed E-state index contributed by atoms with van der Waals surface area (Å²) in [6, 6.07) is 4.59. The van der Waals surface area contributed by atoms with Gasteiger partial charge in [0.2, 0.25) is 0 Å². The smallest absolute Gasteiger partial charge is 0.475 e. The number of alkyl halides is 6. The number of nitrogens with zero attached hydrogens (tertiary/aromatic N) is 3. The Morgan fingerprint density at radius 1 is 1.13 bits per heavy atom. The third-order valence-corrected chi connectivity index (χ3v) is 6.91. The number of hydrogen-bond acceptors (Lipinski definition) is 8. The number of hydrogen-bond donors (Lipinski definition) is 2. The molecule has 0 aliphatic carbocycles. The lowest BCUT2D eigenvalue weighted by atomic mass is 9.89. The molecule has 0 saturated carbocycles. The zero-order chi connectivity index (χ0) is 28.7. The molecule has 0 radical (unpaired) electrons. The molecule has 38 heavy (non-hydrogen) atoms. The number of ether oxygens (including phenoxy) is 1. The number of furan rings is 1. The van der Waals surface area contributed by atoms with Crippen molar-refractivity contribution < 1.29 is 55.3 Å². The van der Waals surface area contributed by atoms with E-state index in [9.17, 15) is 26.3 Å². The summed E-state index contributed by atoms with van der Waals surface area (Å²) in [7, 11) is 1.86. The molecule has 2 aromatic heterocycles. The van der Waals surface area contributed by atoms with Crippen molar-refractivity contribution in [1.29, 1.82) is 0 Å². The molecular weight excluding hydrogens is 548 g/mol. The van der Waals surface area contributed by atoms with Crippen LogP contribution in [-0.2, 0) is 27.4 Å². The lowest BCUT2D eigenvalue weighted by Crippen LogP contribution is -2.50. The van der Waals surface area contributed by atoms with Gasteiger partial charge in [0.05, 0.1) is 30.1 Å². The Morgan fingerprint density at radius 3 is 2.18 bits per heavy atom. The van der Waals surface area contributed by atoms with Gasteiger partial charge in [0.1, 0.15) is 5.76 Å². The summed E-state index contributed by atoms with van der Waals surface area (Å²) in [5.41, 5.74) is 3.14. The highest BCUT2D eigenvalue weighted by Crippen LogP contribution is 2.34. The topological polar surface area (TPSA) is 116 Å². The minimum atomic E-state index is -5.08. The van der Waals surface area contributed by atoms with Crippen molar-refractivity contribution >= 4 is 23.3 Å². The molecule has 4 heterocycles. The van der Waals surface area contributed by atoms with Crippen LogP contribution in [0, 0.1) is 12.8 Å². The second kappa shape index (κ2) is 13.4. The summed E-state index contributed by atoms with van der Waals surface area (Å²) < 4.78 is 74.8. The van der Waals surface area contributed by atoms with Crippen LogP contribution in [0.5, 0.6) is 0 Å². The molecule has 9 nitrogen and oxygen atoms in total. The number of rotatable bonds is 5. The number of halogens is 6. The number of likely N-dealkylation sites (tertiary alicyclic amines) is 2. The zero-order valence-corrected chi connectivity index (χ0v) is 21.1. The Kier molecular flexibility index (Phi) is 11.1. The van der Waals surface area contributed by atoms with E-state index in [1.165, 1.54) is 10.6 Å². The number of methoxy groups -OCH3 is 1. The van der Waals surface area contributed by atoms with E-state index in [-0.39, 0.29) is 0 Å². The fraction of sp³-hybridized carbons (Fsp3) is 0.591. The Bertz CT molecular complexity index is 1010. The fourth-order valence-corrected chi connectivity index (χ4v) is 5.02. The number of carboxylic acids is 2. The van der Waals surface area contributed by atoms with Gasteiger partial charge in [-0.25, -0.2) is 14.6 Å². The molecule has 0 spiro atoms. The molecule has 2 N–H and O–H groups in total. The van der Waals surface area contributed by atoms with Crippen LogP contribution in [0.3, 0.4) is 0 Å². The molecule has 0 unspecified atom stereocenters. The first-order valence-electron chi connectivity index (χ1n) is 11.1. The second-order valence-electron chi connectivity index (χ2n) is 8.50. The number of thiazole rings is 1. The van der Waals surface area contributed by atoms with E-state index in [0.717, 1.165) is 44.9 Å². The summed E-state index contributed by atoms with van der Waals surface area (Å²) in [4.78, 5) is 28.8. The van der Waals surface area contributed by atoms with Gasteiger partial charge >= 0.3 is 24.3 Å². The Balaban J connectivity index is 0.000000301. The van der Waals surface area contributed by atoms with Crippen molar-refractivity contribution in [3.05, 3.63) is 40.2 Å². The molecule has 2 aliphatic rings. The minimum absolute atomic E-state index is 0.371. The van der Waals surface area contributed by atoms with Gasteiger partial charge in [0.15, 0.2) is 0 Å². The zero-order valence-electron chi connectivity index (χ0n) is 20.3. The van der Waals surface area contributed by atoms with Crippen molar-refractivity contribution in [2.24, 2.45) is 5.92 Å². The molecule has 2 aliphatic heterocycles. The summed E-state index contributed by atoms with van der Waals surface area (Å²) in [6.07, 6.45) is -6.92. The van der Waals surface area contributed by atoms with E-state index in [1.54, 1.807) is 17.6 Å². The Hall–Kier alpha value is -2.69. The van der Waals surface area contributed by atoms with E-state index in [4.69, 9.17) is 29.0 Å². The van der Waals surface area contributed by atoms with Crippen LogP contribution in [0.2, 0.25) is 0 Å². The highest BCUT2D eigenvalue weighted by molar-refractivity contribution is 7.09. The van der Waals surface area contributed by atoms with Crippen LogP contribution in [-0.4, -0.2) is 88.2 Å². The van der Waals surface area contributed by atoms with Crippen LogP contribution in [0.1, 0.15) is 22.8 Å². The van der Waals surface area contributed by atoms with Crippen molar-refractivity contribution in [1.82, 2.24) is 14.8 Å². The average molecular weight is 576 g/mol. The molecule has 3 atom stereocenters. The first-order chi connectivity index (χ1) is 17.6. The van der Waals surface area contributed by atoms with Crippen LogP contribution >= 0.6 is 11.3 Å². The van der Waals surface area contributed by atoms with Crippen molar-refractivity contribution in [2.45, 2.75) is 50.9 Å². The molecule has 0 bridgehead atoms. The maximum atomic E-state index is 10.6. The van der Waals surface area contributed by atoms with Gasteiger partial charge in [0.25, 0.3) is 0 Å². The van der Waals surface area contributed by atoms with Gasteiger partial charge < -0.3 is 19.4 Å². The first kappa shape index (κ1) is 31.5. The van der Waals surface area contributed by atoms with Gasteiger partial charge in [0, 0.05) is 50.1 Å². The monoisotopic (exact) mass is 575 g/mol. The lowest BCUT2D eigenvalue weighted by Gasteiger charge is -2.41. The number of carboxylic acid groups (broad SMARTS) is 2. The normalized spacial score (nSPS) is 22.1. The van der Waals surface area contributed by atoms with E-state index in [2.05, 4.69) is 27.8 Å². The predicted octanol–water partition coefficient (Wildman–Crippen LogP) is 4.03. The van der Waals surface area contributed by atoms with Gasteiger partial charge in [-0.2, -0.15) is 26.3 Å².